The molecule has 0 fully saturated rings. The Morgan fingerprint density at radius 2 is 1.42 bits per heavy atom. The zero-order valence-corrected chi connectivity index (χ0v) is 17.2. The van der Waals surface area contributed by atoms with Crippen LogP contribution in [0, 0.1) is 0 Å². The Kier molecular flexibility index (Phi) is 15.1. The van der Waals surface area contributed by atoms with Crippen molar-refractivity contribution in [2.24, 2.45) is 4.99 Å². The lowest BCUT2D eigenvalue weighted by Crippen LogP contribution is -2.26. The largest absolute Gasteiger partial charge is 0.516 e. The second-order valence-corrected chi connectivity index (χ2v) is 7.50. The van der Waals surface area contributed by atoms with Gasteiger partial charge in [0.15, 0.2) is 0 Å². The first-order valence-corrected chi connectivity index (χ1v) is 11.1. The third kappa shape index (κ3) is 12.2. The van der Waals surface area contributed by atoms with Crippen LogP contribution >= 0.6 is 0 Å². The summed E-state index contributed by atoms with van der Waals surface area (Å²) in [4.78, 5) is 6.72. The Bertz CT molecular complexity index is 401. The lowest BCUT2D eigenvalue weighted by molar-refractivity contribution is 0.457. The standard InChI is InChI=1S/C23H42N2O/c1-2-3-4-5-6-7-8-9-10-11-12-13-14-15-16-18-23-24-19-21-25(23)20-17-22-26/h16-18,22,26H,2-15,19-21H2,1H3. The van der Waals surface area contributed by atoms with E-state index in [4.69, 9.17) is 5.11 Å². The molecule has 1 aliphatic heterocycles. The van der Waals surface area contributed by atoms with Crippen molar-refractivity contribution in [2.75, 3.05) is 19.6 Å². The van der Waals surface area contributed by atoms with Crippen molar-refractivity contribution in [1.82, 2.24) is 4.90 Å². The van der Waals surface area contributed by atoms with E-state index in [1.54, 1.807) is 6.08 Å². The number of hydrogen-bond donors (Lipinski definition) is 1. The Labute approximate surface area is 162 Å². The van der Waals surface area contributed by atoms with E-state index >= 15 is 0 Å². The highest BCUT2D eigenvalue weighted by atomic mass is 16.2. The number of hydrogen-bond acceptors (Lipinski definition) is 3. The van der Waals surface area contributed by atoms with Gasteiger partial charge in [0.05, 0.1) is 12.8 Å². The van der Waals surface area contributed by atoms with E-state index in [1.807, 2.05) is 0 Å². The van der Waals surface area contributed by atoms with E-state index < -0.39 is 0 Å². The molecule has 0 bridgehead atoms. The van der Waals surface area contributed by atoms with Crippen molar-refractivity contribution in [3.05, 3.63) is 24.5 Å². The summed E-state index contributed by atoms with van der Waals surface area (Å²) in [6, 6.07) is 0. The van der Waals surface area contributed by atoms with Gasteiger partial charge in [0.2, 0.25) is 0 Å². The number of unbranched alkanes of at least 4 members (excludes halogenated alkanes) is 13. The average molecular weight is 363 g/mol. The number of rotatable bonds is 17. The summed E-state index contributed by atoms with van der Waals surface area (Å²) in [7, 11) is 0. The molecular weight excluding hydrogens is 320 g/mol. The Morgan fingerprint density at radius 3 is 2.00 bits per heavy atom. The molecule has 0 aromatic heterocycles. The van der Waals surface area contributed by atoms with E-state index in [-0.39, 0.29) is 0 Å². The summed E-state index contributed by atoms with van der Waals surface area (Å²) in [6.07, 6.45) is 26.8. The van der Waals surface area contributed by atoms with Crippen LogP contribution in [0.5, 0.6) is 0 Å². The molecule has 0 atom stereocenters. The fourth-order valence-corrected chi connectivity index (χ4v) is 3.49. The molecular formula is C23H42N2O. The monoisotopic (exact) mass is 362 g/mol. The van der Waals surface area contributed by atoms with Crippen LogP contribution in [0.15, 0.2) is 29.5 Å². The summed E-state index contributed by atoms with van der Waals surface area (Å²) in [6.45, 7) is 4.87. The van der Waals surface area contributed by atoms with Crippen LogP contribution in [-0.4, -0.2) is 35.5 Å². The first kappa shape index (κ1) is 22.8. The van der Waals surface area contributed by atoms with Crippen LogP contribution < -0.4 is 0 Å². The Hall–Kier alpha value is -1.25. The molecule has 0 aromatic rings. The molecule has 0 unspecified atom stereocenters. The van der Waals surface area contributed by atoms with E-state index in [1.165, 1.54) is 83.5 Å². The van der Waals surface area contributed by atoms with Gasteiger partial charge in [-0.25, -0.2) is 0 Å². The first-order valence-electron chi connectivity index (χ1n) is 11.1. The zero-order chi connectivity index (χ0) is 18.7. The summed E-state index contributed by atoms with van der Waals surface area (Å²) in [5.41, 5.74) is 0. The molecule has 1 N–H and O–H groups in total. The quantitative estimate of drug-likeness (QED) is 0.228. The molecule has 0 aliphatic carbocycles. The predicted molar refractivity (Wildman–Crippen MR) is 115 cm³/mol. The molecule has 0 amide bonds. The molecule has 0 saturated carbocycles. The molecule has 0 spiro atoms. The van der Waals surface area contributed by atoms with Crippen molar-refractivity contribution >= 4 is 5.84 Å². The maximum atomic E-state index is 8.76. The fraction of sp³-hybridized carbons (Fsp3) is 0.783. The molecule has 3 nitrogen and oxygen atoms in total. The third-order valence-electron chi connectivity index (χ3n) is 5.14. The Morgan fingerprint density at radius 1 is 0.846 bits per heavy atom. The highest BCUT2D eigenvalue weighted by Gasteiger charge is 2.11. The minimum absolute atomic E-state index is 0.748. The van der Waals surface area contributed by atoms with Crippen molar-refractivity contribution in [1.29, 1.82) is 0 Å². The van der Waals surface area contributed by atoms with E-state index in [0.29, 0.717) is 0 Å². The zero-order valence-electron chi connectivity index (χ0n) is 17.2. The fourth-order valence-electron chi connectivity index (χ4n) is 3.49. The van der Waals surface area contributed by atoms with Crippen LogP contribution in [0.1, 0.15) is 96.8 Å². The van der Waals surface area contributed by atoms with Crippen molar-refractivity contribution in [2.45, 2.75) is 96.8 Å². The van der Waals surface area contributed by atoms with Crippen LogP contribution in [0.2, 0.25) is 0 Å². The molecule has 0 saturated heterocycles. The minimum atomic E-state index is 0.748. The van der Waals surface area contributed by atoms with Crippen LogP contribution in [-0.2, 0) is 0 Å². The van der Waals surface area contributed by atoms with Gasteiger partial charge in [-0.1, -0.05) is 90.0 Å². The van der Waals surface area contributed by atoms with Gasteiger partial charge in [-0.15, -0.1) is 0 Å². The SMILES string of the molecule is CCCCCCCCCCCCCCCC=CC1=NCCN1CC=CO. The normalized spacial score (nSPS) is 14.8. The first-order chi connectivity index (χ1) is 12.9. The Balaban J connectivity index is 1.86. The lowest BCUT2D eigenvalue weighted by Gasteiger charge is -2.15. The highest BCUT2D eigenvalue weighted by molar-refractivity contribution is 5.94. The minimum Gasteiger partial charge on any atom is -0.516 e. The van der Waals surface area contributed by atoms with Gasteiger partial charge < -0.3 is 10.0 Å². The van der Waals surface area contributed by atoms with Gasteiger partial charge in [0, 0.05) is 13.1 Å². The van der Waals surface area contributed by atoms with Crippen molar-refractivity contribution in [3.8, 4) is 0 Å². The number of aliphatic imine (C=N–C) groups is 1. The van der Waals surface area contributed by atoms with Gasteiger partial charge in [-0.05, 0) is 25.0 Å². The van der Waals surface area contributed by atoms with Crippen LogP contribution in [0.4, 0.5) is 0 Å². The summed E-state index contributed by atoms with van der Waals surface area (Å²) in [5.74, 6) is 1.07. The predicted octanol–water partition coefficient (Wildman–Crippen LogP) is 6.81. The maximum absolute atomic E-state index is 8.76. The molecule has 1 aliphatic rings. The smallest absolute Gasteiger partial charge is 0.123 e. The molecule has 3 heteroatoms. The van der Waals surface area contributed by atoms with Crippen molar-refractivity contribution < 1.29 is 5.11 Å². The second kappa shape index (κ2) is 17.2. The molecule has 1 heterocycles. The van der Waals surface area contributed by atoms with Crippen molar-refractivity contribution in [3.63, 3.8) is 0 Å². The van der Waals surface area contributed by atoms with Gasteiger partial charge in [-0.3, -0.25) is 4.99 Å². The van der Waals surface area contributed by atoms with Gasteiger partial charge in [0.25, 0.3) is 0 Å². The summed E-state index contributed by atoms with van der Waals surface area (Å²) in [5, 5.41) is 8.76. The van der Waals surface area contributed by atoms with Crippen LogP contribution in [0.3, 0.4) is 0 Å². The van der Waals surface area contributed by atoms with E-state index in [9.17, 15) is 0 Å². The number of aliphatic hydroxyl groups excluding tert-OH is 1. The maximum Gasteiger partial charge on any atom is 0.123 e. The second-order valence-electron chi connectivity index (χ2n) is 7.50. The topological polar surface area (TPSA) is 35.8 Å². The molecule has 26 heavy (non-hydrogen) atoms. The van der Waals surface area contributed by atoms with E-state index in [0.717, 1.165) is 38.2 Å². The lowest BCUT2D eigenvalue weighted by atomic mass is 10.0. The molecule has 150 valence electrons. The molecule has 0 aromatic carbocycles. The number of aliphatic hydroxyl groups is 1. The molecule has 1 rings (SSSR count). The summed E-state index contributed by atoms with van der Waals surface area (Å²) < 4.78 is 0. The number of nitrogens with zero attached hydrogens (tertiary/aromatic N) is 2. The van der Waals surface area contributed by atoms with Gasteiger partial charge in [0.1, 0.15) is 5.84 Å². The van der Waals surface area contributed by atoms with Gasteiger partial charge in [-0.2, -0.15) is 0 Å². The number of amidine groups is 1. The average Bonchev–Trinajstić information content (AvgIpc) is 3.10. The molecule has 0 radical (unpaired) electrons. The number of allylic oxidation sites excluding steroid dienone is 1. The highest BCUT2D eigenvalue weighted by Crippen LogP contribution is 2.13. The summed E-state index contributed by atoms with van der Waals surface area (Å²) >= 11 is 0. The third-order valence-corrected chi connectivity index (χ3v) is 5.14. The van der Waals surface area contributed by atoms with E-state index in [2.05, 4.69) is 29.0 Å². The van der Waals surface area contributed by atoms with Crippen LogP contribution in [0.25, 0.3) is 0 Å². The van der Waals surface area contributed by atoms with Gasteiger partial charge >= 0.3 is 0 Å².